The highest BCUT2D eigenvalue weighted by Crippen LogP contribution is 2.28. The molecule has 0 unspecified atom stereocenters. The lowest BCUT2D eigenvalue weighted by Crippen LogP contribution is -2.16. The van der Waals surface area contributed by atoms with Crippen LogP contribution >= 0.6 is 0 Å². The number of hydrogen-bond donors (Lipinski definition) is 1. The minimum atomic E-state index is -4.02. The van der Waals surface area contributed by atoms with Gasteiger partial charge >= 0.3 is 0 Å². The van der Waals surface area contributed by atoms with Crippen molar-refractivity contribution in [1.82, 2.24) is 5.16 Å². The molecule has 1 aromatic carbocycles. The van der Waals surface area contributed by atoms with Gasteiger partial charge in [0.15, 0.2) is 5.76 Å². The first-order chi connectivity index (χ1) is 9.79. The van der Waals surface area contributed by atoms with E-state index in [9.17, 15) is 12.8 Å². The van der Waals surface area contributed by atoms with Gasteiger partial charge in [-0.2, -0.15) is 0 Å². The number of nitrogens with one attached hydrogen (secondary N) is 1. The van der Waals surface area contributed by atoms with Crippen molar-refractivity contribution >= 4 is 15.7 Å². The molecular formula is C13H15FN2O4S. The molecule has 2 aromatic rings. The summed E-state index contributed by atoms with van der Waals surface area (Å²) in [5.74, 6) is -0.289. The SMILES string of the molecule is Cc1oncc1NS(=O)(=O)c1cc(F)ccc1OC(C)C. The Bertz CT molecular complexity index is 740. The number of anilines is 1. The summed E-state index contributed by atoms with van der Waals surface area (Å²) in [5.41, 5.74) is 0.190. The van der Waals surface area contributed by atoms with Crippen LogP contribution in [0.1, 0.15) is 19.6 Å². The van der Waals surface area contributed by atoms with E-state index in [1.807, 2.05) is 0 Å². The second-order valence-electron chi connectivity index (χ2n) is 4.66. The number of sulfonamides is 1. The maximum atomic E-state index is 13.4. The van der Waals surface area contributed by atoms with Crippen LogP contribution in [-0.4, -0.2) is 19.7 Å². The minimum absolute atomic E-state index is 0.0769. The molecule has 8 heteroatoms. The number of aromatic nitrogens is 1. The summed E-state index contributed by atoms with van der Waals surface area (Å²) in [4.78, 5) is -0.281. The lowest BCUT2D eigenvalue weighted by Gasteiger charge is -2.15. The van der Waals surface area contributed by atoms with Gasteiger partial charge in [0.2, 0.25) is 0 Å². The summed E-state index contributed by atoms with van der Waals surface area (Å²) in [5, 5.41) is 3.48. The van der Waals surface area contributed by atoms with Gasteiger partial charge in [-0.3, -0.25) is 4.72 Å². The lowest BCUT2D eigenvalue weighted by molar-refractivity contribution is 0.235. The molecule has 1 aromatic heterocycles. The van der Waals surface area contributed by atoms with Crippen molar-refractivity contribution in [1.29, 1.82) is 0 Å². The van der Waals surface area contributed by atoms with Crippen LogP contribution in [0.25, 0.3) is 0 Å². The van der Waals surface area contributed by atoms with Crippen molar-refractivity contribution in [2.45, 2.75) is 31.8 Å². The first-order valence-corrected chi connectivity index (χ1v) is 7.68. The molecule has 6 nitrogen and oxygen atoms in total. The van der Waals surface area contributed by atoms with Crippen LogP contribution in [0.5, 0.6) is 5.75 Å². The molecule has 0 saturated heterocycles. The van der Waals surface area contributed by atoms with Crippen LogP contribution in [0.2, 0.25) is 0 Å². The topological polar surface area (TPSA) is 81.4 Å². The van der Waals surface area contributed by atoms with Gasteiger partial charge in [0, 0.05) is 0 Å². The first kappa shape index (κ1) is 15.3. The maximum Gasteiger partial charge on any atom is 0.265 e. The predicted octanol–water partition coefficient (Wildman–Crippen LogP) is 2.71. The molecule has 0 amide bonds. The van der Waals surface area contributed by atoms with Gasteiger partial charge in [0.05, 0.1) is 12.3 Å². The van der Waals surface area contributed by atoms with Crippen LogP contribution in [0, 0.1) is 12.7 Å². The molecule has 0 saturated carbocycles. The molecule has 0 aliphatic carbocycles. The van der Waals surface area contributed by atoms with Crippen molar-refractivity contribution in [3.63, 3.8) is 0 Å². The van der Waals surface area contributed by atoms with E-state index in [-0.39, 0.29) is 22.4 Å². The molecule has 0 fully saturated rings. The Morgan fingerprint density at radius 2 is 2.10 bits per heavy atom. The molecule has 0 aliphatic heterocycles. The molecule has 0 aliphatic rings. The van der Waals surface area contributed by atoms with E-state index in [1.54, 1.807) is 20.8 Å². The highest BCUT2D eigenvalue weighted by molar-refractivity contribution is 7.92. The average Bonchev–Trinajstić information content (AvgIpc) is 2.76. The third-order valence-electron chi connectivity index (χ3n) is 2.55. The van der Waals surface area contributed by atoms with Crippen molar-refractivity contribution in [3.05, 3.63) is 36.0 Å². The Balaban J connectivity index is 2.43. The fourth-order valence-corrected chi connectivity index (χ4v) is 2.88. The van der Waals surface area contributed by atoms with Crippen molar-refractivity contribution < 1.29 is 22.1 Å². The zero-order valence-electron chi connectivity index (χ0n) is 11.8. The summed E-state index contributed by atoms with van der Waals surface area (Å²) in [6, 6.07) is 3.33. The molecular weight excluding hydrogens is 299 g/mol. The molecule has 1 N–H and O–H groups in total. The van der Waals surface area contributed by atoms with Gasteiger partial charge in [-0.05, 0) is 39.0 Å². The number of nitrogens with zero attached hydrogens (tertiary/aromatic N) is 1. The predicted molar refractivity (Wildman–Crippen MR) is 74.2 cm³/mol. The Morgan fingerprint density at radius 3 is 2.67 bits per heavy atom. The van der Waals surface area contributed by atoms with Gasteiger partial charge in [0.1, 0.15) is 22.1 Å². The summed E-state index contributed by atoms with van der Waals surface area (Å²) >= 11 is 0. The van der Waals surface area contributed by atoms with Crippen LogP contribution in [0.4, 0.5) is 10.1 Å². The molecule has 114 valence electrons. The van der Waals surface area contributed by atoms with Crippen LogP contribution < -0.4 is 9.46 Å². The van der Waals surface area contributed by atoms with E-state index in [0.29, 0.717) is 5.76 Å². The van der Waals surface area contributed by atoms with Crippen LogP contribution in [-0.2, 0) is 10.0 Å². The lowest BCUT2D eigenvalue weighted by atomic mass is 10.3. The third kappa shape index (κ3) is 3.52. The second-order valence-corrected chi connectivity index (χ2v) is 6.31. The zero-order valence-corrected chi connectivity index (χ0v) is 12.6. The van der Waals surface area contributed by atoms with E-state index in [0.717, 1.165) is 12.1 Å². The number of ether oxygens (including phenoxy) is 1. The van der Waals surface area contributed by atoms with Gasteiger partial charge in [0.25, 0.3) is 10.0 Å². The first-order valence-electron chi connectivity index (χ1n) is 6.20. The van der Waals surface area contributed by atoms with Crippen LogP contribution in [0.15, 0.2) is 33.8 Å². The van der Waals surface area contributed by atoms with E-state index in [2.05, 4.69) is 9.88 Å². The number of rotatable bonds is 5. The quantitative estimate of drug-likeness (QED) is 0.917. The molecule has 21 heavy (non-hydrogen) atoms. The second kappa shape index (κ2) is 5.72. The third-order valence-corrected chi connectivity index (χ3v) is 3.94. The van der Waals surface area contributed by atoms with E-state index in [4.69, 9.17) is 9.26 Å². The Kier molecular flexibility index (Phi) is 4.17. The molecule has 0 spiro atoms. The highest BCUT2D eigenvalue weighted by Gasteiger charge is 2.23. The van der Waals surface area contributed by atoms with Gasteiger partial charge < -0.3 is 9.26 Å². The smallest absolute Gasteiger partial charge is 0.265 e. The monoisotopic (exact) mass is 314 g/mol. The molecule has 0 atom stereocenters. The van der Waals surface area contributed by atoms with Crippen molar-refractivity contribution in [3.8, 4) is 5.75 Å². The molecule has 0 bridgehead atoms. The standard InChI is InChI=1S/C13H15FN2O4S/c1-8(2)19-12-5-4-10(14)6-13(12)21(17,18)16-11-7-15-20-9(11)3/h4-8,16H,1-3H3. The van der Waals surface area contributed by atoms with E-state index in [1.165, 1.54) is 12.3 Å². The summed E-state index contributed by atoms with van der Waals surface area (Å²) in [6.45, 7) is 5.05. The number of halogens is 1. The summed E-state index contributed by atoms with van der Waals surface area (Å²) in [7, 11) is -4.02. The fourth-order valence-electron chi connectivity index (χ4n) is 1.64. The molecule has 2 rings (SSSR count). The Hall–Kier alpha value is -2.09. The van der Waals surface area contributed by atoms with Crippen molar-refractivity contribution in [2.24, 2.45) is 0 Å². The van der Waals surface area contributed by atoms with Gasteiger partial charge in [-0.25, -0.2) is 12.8 Å². The largest absolute Gasteiger partial charge is 0.490 e. The van der Waals surface area contributed by atoms with Crippen LogP contribution in [0.3, 0.4) is 0 Å². The Morgan fingerprint density at radius 1 is 1.38 bits per heavy atom. The van der Waals surface area contributed by atoms with E-state index < -0.39 is 15.8 Å². The van der Waals surface area contributed by atoms with E-state index >= 15 is 0 Å². The Labute approximate surface area is 122 Å². The zero-order chi connectivity index (χ0) is 15.6. The number of benzene rings is 1. The molecule has 0 radical (unpaired) electrons. The average molecular weight is 314 g/mol. The number of aryl methyl sites for hydroxylation is 1. The fraction of sp³-hybridized carbons (Fsp3) is 0.308. The highest BCUT2D eigenvalue weighted by atomic mass is 32.2. The minimum Gasteiger partial charge on any atom is -0.490 e. The van der Waals surface area contributed by atoms with Gasteiger partial charge in [-0.1, -0.05) is 5.16 Å². The number of hydrogen-bond acceptors (Lipinski definition) is 5. The van der Waals surface area contributed by atoms with Crippen molar-refractivity contribution in [2.75, 3.05) is 4.72 Å². The molecule has 1 heterocycles. The summed E-state index contributed by atoms with van der Waals surface area (Å²) < 4.78 is 50.6. The van der Waals surface area contributed by atoms with Gasteiger partial charge in [-0.15, -0.1) is 0 Å². The maximum absolute atomic E-state index is 13.4. The summed E-state index contributed by atoms with van der Waals surface area (Å²) in [6.07, 6.45) is 0.983. The normalized spacial score (nSPS) is 11.7.